The summed E-state index contributed by atoms with van der Waals surface area (Å²) in [6, 6.07) is 98.0. The third kappa shape index (κ3) is 11.7. The largest absolute Gasteiger partial charge is 0.310 e. The van der Waals surface area contributed by atoms with E-state index in [1.807, 2.05) is 6.07 Å². The molecule has 0 saturated heterocycles. The zero-order valence-electron chi connectivity index (χ0n) is 76.8. The van der Waals surface area contributed by atoms with Crippen molar-refractivity contribution in [2.24, 2.45) is 0 Å². The smallest absolute Gasteiger partial charge is 0.252 e. The van der Waals surface area contributed by atoms with E-state index in [9.17, 15) is 11.0 Å². The van der Waals surface area contributed by atoms with Crippen molar-refractivity contribution in [3.63, 3.8) is 0 Å². The number of nitrogens with zero attached hydrogens (tertiary/aromatic N) is 5. The summed E-state index contributed by atoms with van der Waals surface area (Å²) in [7, 11) is 0. The van der Waals surface area contributed by atoms with Gasteiger partial charge in [0.2, 0.25) is 0 Å². The predicted molar refractivity (Wildman–Crippen MR) is 499 cm³/mol. The first-order valence-corrected chi connectivity index (χ1v) is 40.8. The Morgan fingerprint density at radius 1 is 0.241 bits per heavy atom. The Labute approximate surface area is 694 Å². The van der Waals surface area contributed by atoms with Crippen molar-refractivity contribution in [3.05, 3.63) is 349 Å². The van der Waals surface area contributed by atoms with Gasteiger partial charge in [-0.05, 0) is 178 Å². The molecule has 5 nitrogen and oxygen atoms in total. The minimum absolute atomic E-state index is 0.00992. The number of fused-ring (bicyclic) bond motifs is 13. The molecule has 0 radical (unpaired) electrons. The average molecular weight is 1510 g/mol. The molecule has 0 fully saturated rings. The van der Waals surface area contributed by atoms with Crippen LogP contribution in [0.25, 0.3) is 127 Å². The Bertz CT molecular complexity index is 7280. The van der Waals surface area contributed by atoms with Gasteiger partial charge >= 0.3 is 0 Å². The summed E-state index contributed by atoms with van der Waals surface area (Å²) in [4.78, 5) is 5.11. The molecule has 0 amide bonds. The summed E-state index contributed by atoms with van der Waals surface area (Å²) < 4.78 is 83.1. The summed E-state index contributed by atoms with van der Waals surface area (Å²) in [5, 5.41) is 4.61. The van der Waals surface area contributed by atoms with Gasteiger partial charge in [0, 0.05) is 94.4 Å². The van der Waals surface area contributed by atoms with Crippen LogP contribution in [0.1, 0.15) is 143 Å². The molecule has 0 atom stereocenters. The number of rotatable bonds is 9. The molecule has 2 aliphatic rings. The lowest BCUT2D eigenvalue weighted by atomic mass is 9.33. The van der Waals surface area contributed by atoms with Crippen LogP contribution in [0.2, 0.25) is 0 Å². The molecule has 0 saturated carbocycles. The molecule has 2 aliphatic heterocycles. The second-order valence-electron chi connectivity index (χ2n) is 37.2. The van der Waals surface area contributed by atoms with Gasteiger partial charge in [0.1, 0.15) is 0 Å². The fraction of sp³-hybridized carbons (Fsp3) is 0.182. The molecule has 0 aliphatic carbocycles. The van der Waals surface area contributed by atoms with E-state index in [0.717, 1.165) is 150 Å². The molecule has 20 rings (SSSR count). The van der Waals surface area contributed by atoms with Crippen LogP contribution in [0, 0.1) is 0 Å². The van der Waals surface area contributed by atoms with Crippen molar-refractivity contribution >= 4 is 123 Å². The van der Waals surface area contributed by atoms with Crippen LogP contribution in [-0.4, -0.2) is 20.4 Å². The third-order valence-electron chi connectivity index (χ3n) is 24.7. The van der Waals surface area contributed by atoms with Gasteiger partial charge in [-0.1, -0.05) is 340 Å². The van der Waals surface area contributed by atoms with Crippen LogP contribution in [-0.2, 0) is 27.1 Å². The van der Waals surface area contributed by atoms with E-state index in [2.05, 4.69) is 390 Å². The van der Waals surface area contributed by atoms with Crippen molar-refractivity contribution < 1.29 is 11.0 Å². The fourth-order valence-electron chi connectivity index (χ4n) is 18.5. The molecule has 6 heteroatoms. The van der Waals surface area contributed by atoms with Gasteiger partial charge in [-0.25, -0.2) is 0 Å². The summed E-state index contributed by atoms with van der Waals surface area (Å²) in [6.07, 6.45) is 0. The highest BCUT2D eigenvalue weighted by molar-refractivity contribution is 7.00. The third-order valence-corrected chi connectivity index (χ3v) is 24.7. The van der Waals surface area contributed by atoms with Crippen molar-refractivity contribution in [2.75, 3.05) is 9.80 Å². The van der Waals surface area contributed by atoms with Crippen LogP contribution in [0.15, 0.2) is 321 Å². The average Bonchev–Trinajstić information content (AvgIpc) is 0.697. The Kier molecular flexibility index (Phi) is 14.5. The van der Waals surface area contributed by atoms with E-state index in [1.165, 1.54) is 27.6 Å². The Morgan fingerprint density at radius 3 is 0.948 bits per heavy atom. The highest BCUT2D eigenvalue weighted by atomic mass is 15.2. The van der Waals surface area contributed by atoms with Crippen molar-refractivity contribution in [2.45, 2.75) is 131 Å². The Hall–Kier alpha value is -12.6. The van der Waals surface area contributed by atoms with E-state index < -0.39 is 48.4 Å². The van der Waals surface area contributed by atoms with E-state index in [4.69, 9.17) is 0 Å². The molecule has 18 aromatic rings. The first-order valence-electron chi connectivity index (χ1n) is 44.8. The van der Waals surface area contributed by atoms with Gasteiger partial charge in [-0.15, -0.1) is 0 Å². The molecule has 15 aromatic carbocycles. The highest BCUT2D eigenvalue weighted by Crippen LogP contribution is 2.55. The standard InChI is InChI=1S/C110H98BN5/c1-106(2,3)73-51-43-69(44-52-73)81-35-27-36-82(70-45-53-74(54-46-70)107(4,5)6)104(81)115-99-65-79(113-93-39-23-19-31-85(93)86-32-20-24-40-94(86)113)59-61-91(99)111-92-62-60-80(114-96-42-26-22-34-88(96)90-67-89-87-33-21-25-41-95(87)112(97(89)68-98(90)114)78-29-17-16-18-30-78)66-100(92)116(102-64-77(110(13,14)15)63-101(115)103(102)111)105-83(71-47-55-75(56-48-71)108(7,8)9)37-28-38-84(105)72-49-57-76(58-50-72)109(10,11)12/h16-68H,1-15H3/i19D,20D,23D,24D,31D,32D,39D,40D. The summed E-state index contributed by atoms with van der Waals surface area (Å²) in [5.74, 6) is 0. The second-order valence-corrected chi connectivity index (χ2v) is 37.2. The monoisotopic (exact) mass is 1510 g/mol. The van der Waals surface area contributed by atoms with Gasteiger partial charge in [-0.3, -0.25) is 0 Å². The molecule has 0 spiro atoms. The minimum Gasteiger partial charge on any atom is -0.310 e. The molecule has 0 N–H and O–H groups in total. The first-order chi connectivity index (χ1) is 59.0. The van der Waals surface area contributed by atoms with Crippen molar-refractivity contribution in [3.8, 4) is 61.6 Å². The lowest BCUT2D eigenvalue weighted by molar-refractivity contribution is 0.590. The van der Waals surface area contributed by atoms with Gasteiger partial charge in [0.15, 0.2) is 0 Å². The number of hydrogen-bond acceptors (Lipinski definition) is 2. The van der Waals surface area contributed by atoms with Crippen LogP contribution >= 0.6 is 0 Å². The molecular formula is C110H98BN5. The fourth-order valence-corrected chi connectivity index (χ4v) is 18.5. The molecule has 116 heavy (non-hydrogen) atoms. The lowest BCUT2D eigenvalue weighted by Crippen LogP contribution is -2.61. The Balaban J connectivity index is 0.968. The number of aromatic nitrogens is 3. The molecular weight excluding hydrogens is 1400 g/mol. The van der Waals surface area contributed by atoms with Crippen LogP contribution < -0.4 is 26.2 Å². The molecule has 0 bridgehead atoms. The van der Waals surface area contributed by atoms with Crippen LogP contribution in [0.5, 0.6) is 0 Å². The summed E-state index contributed by atoms with van der Waals surface area (Å²) in [5.41, 5.74) is 28.3. The minimum atomic E-state index is -0.535. The van der Waals surface area contributed by atoms with E-state index in [0.29, 0.717) is 5.69 Å². The number of anilines is 6. The molecule has 3 aromatic heterocycles. The normalized spacial score (nSPS) is 14.2. The zero-order chi connectivity index (χ0) is 86.8. The van der Waals surface area contributed by atoms with Gasteiger partial charge in [0.25, 0.3) is 6.71 Å². The van der Waals surface area contributed by atoms with Gasteiger partial charge < -0.3 is 23.5 Å². The van der Waals surface area contributed by atoms with Crippen molar-refractivity contribution in [1.29, 1.82) is 0 Å². The summed E-state index contributed by atoms with van der Waals surface area (Å²) >= 11 is 0. The second kappa shape index (κ2) is 26.5. The van der Waals surface area contributed by atoms with E-state index in [-0.39, 0.29) is 55.6 Å². The number of para-hydroxylation sites is 7. The van der Waals surface area contributed by atoms with E-state index in [1.54, 1.807) is 4.57 Å². The topological polar surface area (TPSA) is 21.3 Å². The maximum absolute atomic E-state index is 9.98. The van der Waals surface area contributed by atoms with Crippen LogP contribution in [0.4, 0.5) is 34.1 Å². The van der Waals surface area contributed by atoms with Gasteiger partial charge in [-0.2, -0.15) is 0 Å². The molecule has 0 unspecified atom stereocenters. The Morgan fingerprint density at radius 2 is 0.578 bits per heavy atom. The summed E-state index contributed by atoms with van der Waals surface area (Å²) in [6.45, 7) is 33.5. The molecule has 5 heterocycles. The number of benzene rings is 15. The zero-order valence-corrected chi connectivity index (χ0v) is 68.8. The van der Waals surface area contributed by atoms with Crippen LogP contribution in [0.3, 0.4) is 0 Å². The SMILES string of the molecule is [2H]c1c([2H])c([2H])c2c(c1[2H])c1c([2H])c([2H])c([2H])c([2H])c1n2-c1ccc2c(c1)N(c1c(-c3ccc(C(C)(C)C)cc3)cccc1-c1ccc(C(C)(C)C)cc1)c1cc(C(C)(C)C)cc3c1B2c1ccc(-n2c4ccccc4c4cc5c6ccccc6n(-c6ccccc6)c5cc42)cc1N3c1c(-c2ccc(C(C)(C)C)cc2)cccc1-c1ccc(C(C)(C)C)cc1. The lowest BCUT2D eigenvalue weighted by Gasteiger charge is -2.46. The first kappa shape index (κ1) is 63.7. The maximum atomic E-state index is 9.98. The molecule has 566 valence electrons. The quantitative estimate of drug-likeness (QED) is 0.134. The predicted octanol–water partition coefficient (Wildman–Crippen LogP) is 28.2. The van der Waals surface area contributed by atoms with Gasteiger partial charge in [0.05, 0.1) is 55.4 Å². The maximum Gasteiger partial charge on any atom is 0.252 e. The van der Waals surface area contributed by atoms with Crippen molar-refractivity contribution in [1.82, 2.24) is 13.7 Å². The highest BCUT2D eigenvalue weighted by Gasteiger charge is 2.47. The number of hydrogen-bond donors (Lipinski definition) is 0. The van der Waals surface area contributed by atoms with E-state index >= 15 is 0 Å².